The quantitative estimate of drug-likeness (QED) is 0.455. The van der Waals surface area contributed by atoms with Gasteiger partial charge in [0, 0.05) is 5.57 Å². The number of imidazole rings is 1. The zero-order valence-electron chi connectivity index (χ0n) is 19.5. The largest absolute Gasteiger partial charge is 0.388 e. The van der Waals surface area contributed by atoms with E-state index in [4.69, 9.17) is 0 Å². The van der Waals surface area contributed by atoms with E-state index in [1.165, 1.54) is 18.4 Å². The first-order chi connectivity index (χ1) is 14.5. The maximum absolute atomic E-state index is 13.7. The zero-order valence-corrected chi connectivity index (χ0v) is 19.5. The molecule has 0 bridgehead atoms. The number of hydrogen-bond donors (Lipinski definition) is 2. The molecule has 0 radical (unpaired) electrons. The normalized spacial score (nSPS) is 23.1. The van der Waals surface area contributed by atoms with Crippen LogP contribution in [-0.2, 0) is 0 Å². The number of aromatic amines is 1. The third kappa shape index (κ3) is 6.80. The lowest BCUT2D eigenvalue weighted by Crippen LogP contribution is -2.28. The van der Waals surface area contributed by atoms with E-state index in [1.54, 1.807) is 24.7 Å². The molecule has 0 spiro atoms. The second kappa shape index (κ2) is 13.4. The molecule has 3 rings (SSSR count). The summed E-state index contributed by atoms with van der Waals surface area (Å²) in [4.78, 5) is 7.31. The number of nitrogens with one attached hydrogen (secondary N) is 1. The Hall–Kier alpha value is -1.94. The summed E-state index contributed by atoms with van der Waals surface area (Å²) in [7, 11) is 0. The van der Waals surface area contributed by atoms with Gasteiger partial charge in [-0.15, -0.1) is 0 Å². The number of hydrogen-bond acceptors (Lipinski definition) is 2. The van der Waals surface area contributed by atoms with Gasteiger partial charge in [0.2, 0.25) is 0 Å². The van der Waals surface area contributed by atoms with E-state index < -0.39 is 6.10 Å². The molecule has 1 atom stereocenters. The second-order valence-electron chi connectivity index (χ2n) is 7.66. The molecule has 0 amide bonds. The summed E-state index contributed by atoms with van der Waals surface area (Å²) >= 11 is 0. The molecule has 1 aromatic rings. The van der Waals surface area contributed by atoms with E-state index in [2.05, 4.69) is 30.0 Å². The van der Waals surface area contributed by atoms with Crippen molar-refractivity contribution in [1.29, 1.82) is 0 Å². The molecule has 1 unspecified atom stereocenters. The van der Waals surface area contributed by atoms with Crippen LogP contribution in [0.2, 0.25) is 0 Å². The Balaban J connectivity index is 0.00000106. The first-order valence-corrected chi connectivity index (χ1v) is 11.6. The molecule has 0 saturated heterocycles. The first-order valence-electron chi connectivity index (χ1n) is 11.6. The molecule has 2 saturated carbocycles. The summed E-state index contributed by atoms with van der Waals surface area (Å²) in [5.74, 6) is 0.585. The molecule has 2 aliphatic rings. The fourth-order valence-corrected chi connectivity index (χ4v) is 4.30. The fourth-order valence-electron chi connectivity index (χ4n) is 4.30. The average Bonchev–Trinajstić information content (AvgIpc) is 3.51. The van der Waals surface area contributed by atoms with Gasteiger partial charge in [-0.3, -0.25) is 0 Å². The molecule has 4 heteroatoms. The lowest BCUT2D eigenvalue weighted by molar-refractivity contribution is 0.122. The number of allylic oxidation sites excluding steroid dienone is 5. The number of H-pyrrole nitrogens is 1. The van der Waals surface area contributed by atoms with Crippen molar-refractivity contribution in [3.05, 3.63) is 60.5 Å². The summed E-state index contributed by atoms with van der Waals surface area (Å²) in [5.41, 5.74) is 3.89. The molecule has 2 fully saturated rings. The Morgan fingerprint density at radius 2 is 1.70 bits per heavy atom. The monoisotopic (exact) mass is 416 g/mol. The highest BCUT2D eigenvalue weighted by molar-refractivity contribution is 5.69. The van der Waals surface area contributed by atoms with Gasteiger partial charge in [-0.2, -0.15) is 0 Å². The molecule has 0 aliphatic heterocycles. The van der Waals surface area contributed by atoms with Crippen molar-refractivity contribution in [2.45, 2.75) is 79.2 Å². The van der Waals surface area contributed by atoms with Crippen LogP contribution in [0.15, 0.2) is 54.8 Å². The molecule has 2 N–H and O–H groups in total. The molecule has 3 nitrogen and oxygen atoms in total. The number of aliphatic hydroxyl groups is 1. The fraction of sp³-hybridized carbons (Fsp3) is 0.577. The van der Waals surface area contributed by atoms with E-state index in [-0.39, 0.29) is 17.7 Å². The lowest BCUT2D eigenvalue weighted by Gasteiger charge is -2.33. The van der Waals surface area contributed by atoms with Gasteiger partial charge in [-0.05, 0) is 68.8 Å². The minimum atomic E-state index is -0.502. The van der Waals surface area contributed by atoms with Gasteiger partial charge < -0.3 is 10.1 Å². The van der Waals surface area contributed by atoms with Gasteiger partial charge in [-0.25, -0.2) is 9.37 Å². The first kappa shape index (κ1) is 26.1. The molecule has 1 heterocycles. The van der Waals surface area contributed by atoms with Crippen LogP contribution in [0.25, 0.3) is 5.57 Å². The van der Waals surface area contributed by atoms with E-state index >= 15 is 0 Å². The average molecular weight is 417 g/mol. The van der Waals surface area contributed by atoms with Crippen LogP contribution in [-0.4, -0.2) is 21.2 Å². The topological polar surface area (TPSA) is 48.9 Å². The number of nitrogens with zero attached hydrogens (tertiary/aromatic N) is 1. The molecule has 30 heavy (non-hydrogen) atoms. The minimum Gasteiger partial charge on any atom is -0.388 e. The van der Waals surface area contributed by atoms with E-state index in [9.17, 15) is 9.50 Å². The summed E-state index contributed by atoms with van der Waals surface area (Å²) < 4.78 is 13.7. The van der Waals surface area contributed by atoms with Crippen LogP contribution in [0, 0.1) is 17.8 Å². The summed E-state index contributed by atoms with van der Waals surface area (Å²) in [6.07, 6.45) is 12.2. The van der Waals surface area contributed by atoms with Gasteiger partial charge in [-0.1, -0.05) is 58.6 Å². The lowest BCUT2D eigenvalue weighted by atomic mass is 9.74. The maximum atomic E-state index is 13.7. The molecular weight excluding hydrogens is 375 g/mol. The number of rotatable bonds is 7. The van der Waals surface area contributed by atoms with Crippen molar-refractivity contribution in [2.24, 2.45) is 17.8 Å². The predicted molar refractivity (Wildman–Crippen MR) is 127 cm³/mol. The van der Waals surface area contributed by atoms with Crippen molar-refractivity contribution in [3.63, 3.8) is 0 Å². The zero-order chi connectivity index (χ0) is 22.7. The molecule has 2 aliphatic carbocycles. The summed E-state index contributed by atoms with van der Waals surface area (Å²) in [6.45, 7) is 17.3. The molecular formula is C26H41FN2O. The maximum Gasteiger partial charge on any atom is 0.119 e. The smallest absolute Gasteiger partial charge is 0.119 e. The van der Waals surface area contributed by atoms with Gasteiger partial charge in [0.05, 0.1) is 24.3 Å². The standard InChI is InChI=1S/C22H29FN2O.2C2H6/c1-4-5-19(15(3)23)17-8-10-18(11-9-17)22(26)21(14(2)16-6-7-16)20-12-24-13-25-20;2*1-2/h4-5,12-13,16-18,22,26H,1,3,6-11H2,2H3,(H,24,25);2*1-2H3/b19-5+,21-14-;;. The highest BCUT2D eigenvalue weighted by Gasteiger charge is 2.34. The van der Waals surface area contributed by atoms with Gasteiger partial charge in [0.15, 0.2) is 0 Å². The van der Waals surface area contributed by atoms with Crippen molar-refractivity contribution in [3.8, 4) is 0 Å². The van der Waals surface area contributed by atoms with Gasteiger partial charge in [0.25, 0.3) is 0 Å². The third-order valence-corrected chi connectivity index (χ3v) is 5.97. The highest BCUT2D eigenvalue weighted by Crippen LogP contribution is 2.44. The third-order valence-electron chi connectivity index (χ3n) is 5.97. The Kier molecular flexibility index (Phi) is 11.6. The van der Waals surface area contributed by atoms with Crippen molar-refractivity contribution in [1.82, 2.24) is 9.97 Å². The van der Waals surface area contributed by atoms with E-state index in [1.807, 2.05) is 27.7 Å². The molecule has 168 valence electrons. The van der Waals surface area contributed by atoms with Crippen LogP contribution >= 0.6 is 0 Å². The van der Waals surface area contributed by atoms with E-state index in [0.717, 1.165) is 37.0 Å². The SMILES string of the molecule is C=C/C=C(\C(=C)F)C1CCC(C(O)/C(=C(/C)C2CC2)c2cnc[nH]2)CC1.CC.CC. The van der Waals surface area contributed by atoms with E-state index in [0.29, 0.717) is 11.5 Å². The molecule has 0 aromatic carbocycles. The highest BCUT2D eigenvalue weighted by atomic mass is 19.1. The van der Waals surface area contributed by atoms with Crippen LogP contribution in [0.5, 0.6) is 0 Å². The van der Waals surface area contributed by atoms with Crippen LogP contribution in [0.1, 0.15) is 78.8 Å². The Morgan fingerprint density at radius 3 is 2.13 bits per heavy atom. The summed E-state index contributed by atoms with van der Waals surface area (Å²) in [5, 5.41) is 11.2. The van der Waals surface area contributed by atoms with Gasteiger partial charge >= 0.3 is 0 Å². The van der Waals surface area contributed by atoms with Crippen LogP contribution in [0.4, 0.5) is 4.39 Å². The number of aliphatic hydroxyl groups excluding tert-OH is 1. The van der Waals surface area contributed by atoms with Crippen molar-refractivity contribution >= 4 is 5.57 Å². The number of halogens is 1. The van der Waals surface area contributed by atoms with Gasteiger partial charge in [0.1, 0.15) is 5.83 Å². The molecule has 1 aromatic heterocycles. The summed E-state index contributed by atoms with van der Waals surface area (Å²) in [6, 6.07) is 0. The predicted octanol–water partition coefficient (Wildman–Crippen LogP) is 7.41. The van der Waals surface area contributed by atoms with Crippen molar-refractivity contribution in [2.75, 3.05) is 0 Å². The van der Waals surface area contributed by atoms with Crippen LogP contribution < -0.4 is 0 Å². The Labute approximate surface area is 182 Å². The Morgan fingerprint density at radius 1 is 1.13 bits per heavy atom. The Bertz CT molecular complexity index is 705. The van der Waals surface area contributed by atoms with Crippen LogP contribution in [0.3, 0.4) is 0 Å². The minimum absolute atomic E-state index is 0.165. The number of aromatic nitrogens is 2. The second-order valence-corrected chi connectivity index (χ2v) is 7.66. The van der Waals surface area contributed by atoms with Crippen molar-refractivity contribution < 1.29 is 9.50 Å².